The van der Waals surface area contributed by atoms with Crippen molar-refractivity contribution in [1.82, 2.24) is 0 Å². The molecule has 2 heterocycles. The summed E-state index contributed by atoms with van der Waals surface area (Å²) in [5.41, 5.74) is 0. The van der Waals surface area contributed by atoms with Crippen LogP contribution in [0.3, 0.4) is 0 Å². The quantitative estimate of drug-likeness (QED) is 0.0865. The number of rotatable bonds is 14. The molecule has 2 rings (SSSR count). The third-order valence-corrected chi connectivity index (χ3v) is 6.42. The van der Waals surface area contributed by atoms with Gasteiger partial charge in [0.25, 0.3) is 0 Å². The number of aliphatic hydroxyl groups excluding tert-OH is 10. The zero-order chi connectivity index (χ0) is 27.9. The Morgan fingerprint density at radius 1 is 0.649 bits per heavy atom. The maximum absolute atomic E-state index is 11.9. The standard InChI is InChI=1S/C18H35O18P/c19-1-7(21)3-31-17-15(27)13(25)11(23)9(35-17)5-32-18-16(28)14(26)12(24)10(36-18)6-34-37(29,30)33-4-8(22)2-20/h7-28H,1-6H2,(H,29,30). The van der Waals surface area contributed by atoms with E-state index < -0.39 is 121 Å². The highest BCUT2D eigenvalue weighted by Crippen LogP contribution is 2.44. The molecule has 0 aromatic carbocycles. The largest absolute Gasteiger partial charge is 0.472 e. The molecule has 13 atom stereocenters. The van der Waals surface area contributed by atoms with E-state index >= 15 is 0 Å². The predicted octanol–water partition coefficient (Wildman–Crippen LogP) is -6.53. The molecule has 0 aliphatic carbocycles. The van der Waals surface area contributed by atoms with Crippen LogP contribution >= 0.6 is 7.82 Å². The van der Waals surface area contributed by atoms with E-state index in [0.717, 1.165) is 0 Å². The fourth-order valence-electron chi connectivity index (χ4n) is 3.27. The van der Waals surface area contributed by atoms with Gasteiger partial charge in [-0.05, 0) is 0 Å². The summed E-state index contributed by atoms with van der Waals surface area (Å²) in [5, 5.41) is 96.8. The topological polar surface area (TPSA) is 295 Å². The highest BCUT2D eigenvalue weighted by Gasteiger charge is 2.48. The van der Waals surface area contributed by atoms with E-state index in [9.17, 15) is 50.3 Å². The second kappa shape index (κ2) is 14.8. The summed E-state index contributed by atoms with van der Waals surface area (Å²) >= 11 is 0. The lowest BCUT2D eigenvalue weighted by molar-refractivity contribution is -0.332. The van der Waals surface area contributed by atoms with Gasteiger partial charge in [0.15, 0.2) is 12.6 Å². The van der Waals surface area contributed by atoms with Gasteiger partial charge in [0.2, 0.25) is 0 Å². The second-order valence-electron chi connectivity index (χ2n) is 8.43. The third-order valence-electron chi connectivity index (χ3n) is 5.47. The zero-order valence-electron chi connectivity index (χ0n) is 19.4. The van der Waals surface area contributed by atoms with Crippen LogP contribution in [0.15, 0.2) is 0 Å². The van der Waals surface area contributed by atoms with E-state index in [-0.39, 0.29) is 0 Å². The molecule has 18 nitrogen and oxygen atoms in total. The highest BCUT2D eigenvalue weighted by molar-refractivity contribution is 7.47. The molecule has 37 heavy (non-hydrogen) atoms. The van der Waals surface area contributed by atoms with Gasteiger partial charge in [-0.15, -0.1) is 0 Å². The molecule has 2 fully saturated rings. The average molecular weight is 570 g/mol. The molecule has 13 unspecified atom stereocenters. The molecule has 0 radical (unpaired) electrons. The Morgan fingerprint density at radius 2 is 1.11 bits per heavy atom. The van der Waals surface area contributed by atoms with Crippen molar-refractivity contribution in [1.29, 1.82) is 0 Å². The molecule has 0 spiro atoms. The summed E-state index contributed by atoms with van der Waals surface area (Å²) in [6, 6.07) is 0. The van der Waals surface area contributed by atoms with Crippen molar-refractivity contribution >= 4 is 7.82 Å². The van der Waals surface area contributed by atoms with Crippen molar-refractivity contribution in [2.75, 3.05) is 39.6 Å². The van der Waals surface area contributed by atoms with Crippen LogP contribution in [0.25, 0.3) is 0 Å². The monoisotopic (exact) mass is 570 g/mol. The van der Waals surface area contributed by atoms with E-state index in [1.807, 2.05) is 0 Å². The minimum atomic E-state index is -4.79. The van der Waals surface area contributed by atoms with E-state index in [1.165, 1.54) is 0 Å². The molecule has 0 aromatic rings. The van der Waals surface area contributed by atoms with Crippen LogP contribution in [0.2, 0.25) is 0 Å². The Bertz CT molecular complexity index is 716. The van der Waals surface area contributed by atoms with Gasteiger partial charge in [0.1, 0.15) is 61.0 Å². The number of hydrogen-bond acceptors (Lipinski definition) is 17. The van der Waals surface area contributed by atoms with Crippen LogP contribution in [-0.2, 0) is 32.6 Å². The van der Waals surface area contributed by atoms with Crippen LogP contribution in [0.4, 0.5) is 0 Å². The smallest absolute Gasteiger partial charge is 0.394 e. The van der Waals surface area contributed by atoms with Crippen LogP contribution < -0.4 is 0 Å². The Morgan fingerprint density at radius 3 is 1.62 bits per heavy atom. The summed E-state index contributed by atoms with van der Waals surface area (Å²) in [5.74, 6) is 0. The molecular formula is C18H35O18P. The normalized spacial score (nSPS) is 40.2. The molecular weight excluding hydrogens is 535 g/mol. The lowest BCUT2D eigenvalue weighted by atomic mass is 9.98. The van der Waals surface area contributed by atoms with Gasteiger partial charge >= 0.3 is 7.82 Å². The van der Waals surface area contributed by atoms with Gasteiger partial charge in [-0.2, -0.15) is 0 Å². The summed E-state index contributed by atoms with van der Waals surface area (Å²) < 4.78 is 42.0. The second-order valence-corrected chi connectivity index (χ2v) is 9.88. The first-order valence-corrected chi connectivity index (χ1v) is 12.6. The van der Waals surface area contributed by atoms with Crippen molar-refractivity contribution in [2.45, 2.75) is 73.6 Å². The van der Waals surface area contributed by atoms with Gasteiger partial charge in [-0.25, -0.2) is 4.57 Å². The number of aliphatic hydroxyl groups is 10. The molecule has 2 aliphatic heterocycles. The fourth-order valence-corrected chi connectivity index (χ4v) is 4.04. The van der Waals surface area contributed by atoms with E-state index in [2.05, 4.69) is 9.05 Å². The van der Waals surface area contributed by atoms with Crippen molar-refractivity contribution in [2.24, 2.45) is 0 Å². The molecule has 0 saturated carbocycles. The lowest BCUT2D eigenvalue weighted by Gasteiger charge is -2.43. The number of ether oxygens (including phenoxy) is 4. The zero-order valence-corrected chi connectivity index (χ0v) is 20.3. The minimum Gasteiger partial charge on any atom is -0.394 e. The molecule has 2 aliphatic rings. The molecule has 19 heteroatoms. The van der Waals surface area contributed by atoms with Gasteiger partial charge < -0.3 is 74.9 Å². The molecule has 220 valence electrons. The summed E-state index contributed by atoms with van der Waals surface area (Å²) in [7, 11) is -4.79. The van der Waals surface area contributed by atoms with Crippen LogP contribution in [0, 0.1) is 0 Å². The minimum absolute atomic E-state index is 0.484. The van der Waals surface area contributed by atoms with Crippen LogP contribution in [0.5, 0.6) is 0 Å². The summed E-state index contributed by atoms with van der Waals surface area (Å²) in [4.78, 5) is 9.64. The first-order chi connectivity index (χ1) is 17.3. The Kier molecular flexibility index (Phi) is 13.1. The number of hydrogen-bond donors (Lipinski definition) is 11. The Hall–Kier alpha value is -0.450. The van der Waals surface area contributed by atoms with E-state index in [1.54, 1.807) is 0 Å². The average Bonchev–Trinajstić information content (AvgIpc) is 2.88. The third kappa shape index (κ3) is 9.31. The highest BCUT2D eigenvalue weighted by atomic mass is 31.2. The molecule has 0 bridgehead atoms. The summed E-state index contributed by atoms with van der Waals surface area (Å²) in [6.45, 7) is -4.13. The Labute approximate surface area is 210 Å². The van der Waals surface area contributed by atoms with Gasteiger partial charge in [0, 0.05) is 0 Å². The lowest BCUT2D eigenvalue weighted by Crippen LogP contribution is -2.62. The van der Waals surface area contributed by atoms with Crippen molar-refractivity contribution in [3.63, 3.8) is 0 Å². The van der Waals surface area contributed by atoms with Gasteiger partial charge in [-0.3, -0.25) is 9.05 Å². The van der Waals surface area contributed by atoms with Crippen molar-refractivity contribution in [3.8, 4) is 0 Å². The number of phosphoric ester groups is 1. The molecule has 11 N–H and O–H groups in total. The van der Waals surface area contributed by atoms with Gasteiger partial charge in [0.05, 0.1) is 39.6 Å². The SMILES string of the molecule is O=P(O)(OCC(O)CO)OCC1OC(OCC2OC(OCC(O)CO)C(O)C(O)C2O)C(O)C(O)C1O. The van der Waals surface area contributed by atoms with Crippen molar-refractivity contribution in [3.05, 3.63) is 0 Å². The maximum Gasteiger partial charge on any atom is 0.472 e. The molecule has 2 saturated heterocycles. The number of phosphoric acid groups is 1. The first-order valence-electron chi connectivity index (χ1n) is 11.1. The van der Waals surface area contributed by atoms with E-state index in [0.29, 0.717) is 0 Å². The van der Waals surface area contributed by atoms with Crippen molar-refractivity contribution < 1.29 is 88.5 Å². The summed E-state index contributed by atoms with van der Waals surface area (Å²) in [6.07, 6.45) is -19.8. The van der Waals surface area contributed by atoms with Crippen LogP contribution in [-0.4, -0.2) is 169 Å². The van der Waals surface area contributed by atoms with E-state index in [4.69, 9.17) is 29.2 Å². The molecule has 0 amide bonds. The van der Waals surface area contributed by atoms with Gasteiger partial charge in [-0.1, -0.05) is 0 Å². The maximum atomic E-state index is 11.9. The fraction of sp³-hybridized carbons (Fsp3) is 1.00. The molecule has 0 aromatic heterocycles. The predicted molar refractivity (Wildman–Crippen MR) is 113 cm³/mol. The van der Waals surface area contributed by atoms with Crippen LogP contribution in [0.1, 0.15) is 0 Å². The first kappa shape index (κ1) is 32.8. The Balaban J connectivity index is 1.96.